The molecule has 2 aliphatic rings. The van der Waals surface area contributed by atoms with Gasteiger partial charge in [0.05, 0.1) is 11.1 Å². The Morgan fingerprint density at radius 3 is 1.47 bits per heavy atom. The fourth-order valence-corrected chi connectivity index (χ4v) is 2.37. The third kappa shape index (κ3) is 3.10. The van der Waals surface area contributed by atoms with Crippen LogP contribution in [0.3, 0.4) is 0 Å². The Bertz CT molecular complexity index is 394. The summed E-state index contributed by atoms with van der Waals surface area (Å²) in [6, 6.07) is 0. The number of hydrogen-bond acceptors (Lipinski definition) is 4. The van der Waals surface area contributed by atoms with E-state index in [2.05, 4.69) is 48.5 Å². The van der Waals surface area contributed by atoms with Crippen LogP contribution in [-0.2, 0) is 9.47 Å². The van der Waals surface area contributed by atoms with E-state index in [1.807, 2.05) is 0 Å². The Kier molecular flexibility index (Phi) is 3.19. The Labute approximate surface area is 116 Å². The second kappa shape index (κ2) is 4.22. The van der Waals surface area contributed by atoms with Crippen LogP contribution < -0.4 is 0 Å². The summed E-state index contributed by atoms with van der Waals surface area (Å²) in [6.45, 7) is 16.1. The molecule has 0 saturated carbocycles. The van der Waals surface area contributed by atoms with Gasteiger partial charge in [0, 0.05) is 0 Å². The minimum atomic E-state index is -0.145. The number of rotatable bonds is 2. The van der Waals surface area contributed by atoms with Crippen molar-refractivity contribution in [1.29, 1.82) is 0 Å². The van der Waals surface area contributed by atoms with Gasteiger partial charge in [-0.25, -0.2) is 9.98 Å². The van der Waals surface area contributed by atoms with Gasteiger partial charge in [-0.2, -0.15) is 0 Å². The Morgan fingerprint density at radius 2 is 1.26 bits per heavy atom. The zero-order chi connectivity index (χ0) is 14.5. The second-order valence-corrected chi connectivity index (χ2v) is 7.90. The van der Waals surface area contributed by atoms with E-state index >= 15 is 0 Å². The summed E-state index contributed by atoms with van der Waals surface area (Å²) < 4.78 is 11.7. The molecule has 0 unspecified atom stereocenters. The van der Waals surface area contributed by atoms with Gasteiger partial charge in [-0.15, -0.1) is 0 Å². The first-order valence-corrected chi connectivity index (χ1v) is 6.95. The lowest BCUT2D eigenvalue weighted by molar-refractivity contribution is 0.222. The molecule has 4 heteroatoms. The summed E-state index contributed by atoms with van der Waals surface area (Å²) in [6.07, 6.45) is 0. The fraction of sp³-hybridized carbons (Fsp3) is 0.867. The van der Waals surface area contributed by atoms with E-state index in [-0.39, 0.29) is 22.4 Å². The molecule has 0 bridgehead atoms. The molecule has 0 aliphatic carbocycles. The summed E-state index contributed by atoms with van der Waals surface area (Å²) >= 11 is 0. The number of aliphatic imine (C=N–C) groups is 2. The maximum Gasteiger partial charge on any atom is 0.197 e. The molecule has 0 N–H and O–H groups in total. The quantitative estimate of drug-likeness (QED) is 0.771. The van der Waals surface area contributed by atoms with Gasteiger partial charge in [-0.05, 0) is 33.1 Å². The molecule has 0 spiro atoms. The normalized spacial score (nSPS) is 24.8. The van der Waals surface area contributed by atoms with Crippen molar-refractivity contribution >= 4 is 11.8 Å². The summed E-state index contributed by atoms with van der Waals surface area (Å²) in [7, 11) is 0. The topological polar surface area (TPSA) is 43.2 Å². The minimum absolute atomic E-state index is 0.00366. The van der Waals surface area contributed by atoms with Gasteiger partial charge in [0.25, 0.3) is 0 Å². The summed E-state index contributed by atoms with van der Waals surface area (Å²) in [5.41, 5.74) is -0.320. The molecule has 0 saturated heterocycles. The van der Waals surface area contributed by atoms with E-state index in [0.29, 0.717) is 13.2 Å². The van der Waals surface area contributed by atoms with Crippen molar-refractivity contribution in [2.75, 3.05) is 13.2 Å². The van der Waals surface area contributed by atoms with Crippen molar-refractivity contribution in [3.8, 4) is 0 Å². The zero-order valence-electron chi connectivity index (χ0n) is 13.2. The molecule has 0 radical (unpaired) electrons. The monoisotopic (exact) mass is 266 g/mol. The Balaban J connectivity index is 2.35. The molecule has 0 amide bonds. The van der Waals surface area contributed by atoms with E-state index in [1.165, 1.54) is 0 Å². The fourth-order valence-electron chi connectivity index (χ4n) is 2.37. The predicted octanol–water partition coefficient (Wildman–Crippen LogP) is 3.06. The predicted molar refractivity (Wildman–Crippen MR) is 77.9 cm³/mol. The molecular formula is C15H26N2O2. The van der Waals surface area contributed by atoms with Crippen molar-refractivity contribution in [2.24, 2.45) is 21.3 Å². The average molecular weight is 266 g/mol. The molecule has 4 nitrogen and oxygen atoms in total. The first kappa shape index (κ1) is 14.4. The highest BCUT2D eigenvalue weighted by Gasteiger charge is 2.44. The van der Waals surface area contributed by atoms with Gasteiger partial charge in [0.2, 0.25) is 0 Å². The van der Waals surface area contributed by atoms with E-state index in [9.17, 15) is 0 Å². The Hall–Kier alpha value is -1.06. The minimum Gasteiger partial charge on any atom is -0.478 e. The molecule has 108 valence electrons. The highest BCUT2D eigenvalue weighted by molar-refractivity contribution is 6.02. The van der Waals surface area contributed by atoms with Crippen LogP contribution in [0.2, 0.25) is 0 Å². The van der Waals surface area contributed by atoms with Gasteiger partial charge in [0.15, 0.2) is 11.8 Å². The summed E-state index contributed by atoms with van der Waals surface area (Å²) in [5, 5.41) is 0. The van der Waals surface area contributed by atoms with Crippen LogP contribution in [0, 0.1) is 11.3 Å². The van der Waals surface area contributed by atoms with Crippen LogP contribution in [0.1, 0.15) is 48.5 Å². The number of hydrogen-bond donors (Lipinski definition) is 0. The van der Waals surface area contributed by atoms with Crippen LogP contribution in [-0.4, -0.2) is 36.1 Å². The second-order valence-electron chi connectivity index (χ2n) is 7.90. The van der Waals surface area contributed by atoms with Crippen LogP contribution in [0.25, 0.3) is 0 Å². The van der Waals surface area contributed by atoms with Crippen molar-refractivity contribution in [1.82, 2.24) is 0 Å². The number of nitrogens with zero attached hydrogens (tertiary/aromatic N) is 2. The molecule has 0 aromatic heterocycles. The molecule has 2 heterocycles. The third-order valence-electron chi connectivity index (χ3n) is 3.33. The first-order chi connectivity index (χ1) is 8.50. The van der Waals surface area contributed by atoms with Crippen molar-refractivity contribution in [2.45, 2.75) is 59.5 Å². The average Bonchev–Trinajstić information content (AvgIpc) is 2.68. The maximum absolute atomic E-state index is 5.83. The maximum atomic E-state index is 5.83. The van der Waals surface area contributed by atoms with E-state index in [0.717, 1.165) is 11.8 Å². The first-order valence-electron chi connectivity index (χ1n) is 6.95. The standard InChI is InChI=1S/C15H26N2O2/c1-13(2,3)10(11-16-14(4,5)8-18-11)12-17-15(6,7)9-19-12/h10H,8-9H2,1-7H3. The van der Waals surface area contributed by atoms with Gasteiger partial charge >= 0.3 is 0 Å². The van der Waals surface area contributed by atoms with Crippen molar-refractivity contribution in [3.05, 3.63) is 0 Å². The zero-order valence-corrected chi connectivity index (χ0v) is 13.2. The lowest BCUT2D eigenvalue weighted by Gasteiger charge is -2.29. The number of ether oxygens (including phenoxy) is 2. The third-order valence-corrected chi connectivity index (χ3v) is 3.33. The van der Waals surface area contributed by atoms with Crippen LogP contribution in [0.4, 0.5) is 0 Å². The smallest absolute Gasteiger partial charge is 0.197 e. The van der Waals surface area contributed by atoms with Gasteiger partial charge < -0.3 is 9.47 Å². The van der Waals surface area contributed by atoms with Gasteiger partial charge in [-0.1, -0.05) is 20.8 Å². The van der Waals surface area contributed by atoms with Gasteiger partial charge in [0.1, 0.15) is 19.1 Å². The van der Waals surface area contributed by atoms with Crippen molar-refractivity contribution in [3.63, 3.8) is 0 Å². The summed E-state index contributed by atoms with van der Waals surface area (Å²) in [4.78, 5) is 9.43. The lowest BCUT2D eigenvalue weighted by Crippen LogP contribution is -2.36. The van der Waals surface area contributed by atoms with Crippen LogP contribution in [0.15, 0.2) is 9.98 Å². The van der Waals surface area contributed by atoms with Gasteiger partial charge in [-0.3, -0.25) is 0 Å². The Morgan fingerprint density at radius 1 is 0.895 bits per heavy atom. The highest BCUT2D eigenvalue weighted by atomic mass is 16.5. The largest absolute Gasteiger partial charge is 0.478 e. The van der Waals surface area contributed by atoms with Crippen LogP contribution >= 0.6 is 0 Å². The summed E-state index contributed by atoms with van der Waals surface area (Å²) in [5.74, 6) is 1.54. The highest BCUT2D eigenvalue weighted by Crippen LogP contribution is 2.36. The SMILES string of the molecule is CC1(C)COC(C(C2=NC(C)(C)CO2)C(C)(C)C)=N1. The molecule has 19 heavy (non-hydrogen) atoms. The molecule has 0 aromatic carbocycles. The molecule has 0 fully saturated rings. The van der Waals surface area contributed by atoms with E-state index in [1.54, 1.807) is 0 Å². The molecule has 0 atom stereocenters. The molecule has 2 rings (SSSR count). The van der Waals surface area contributed by atoms with E-state index in [4.69, 9.17) is 19.5 Å². The molecule has 2 aliphatic heterocycles. The molecular weight excluding hydrogens is 240 g/mol. The van der Waals surface area contributed by atoms with Crippen LogP contribution in [0.5, 0.6) is 0 Å². The van der Waals surface area contributed by atoms with Crippen molar-refractivity contribution < 1.29 is 9.47 Å². The van der Waals surface area contributed by atoms with E-state index < -0.39 is 0 Å². The molecule has 0 aromatic rings. The lowest BCUT2D eigenvalue weighted by atomic mass is 9.80.